The third-order valence-electron chi connectivity index (χ3n) is 5.51. The Morgan fingerprint density at radius 1 is 1.00 bits per heavy atom. The molecule has 1 atom stereocenters. The van der Waals surface area contributed by atoms with E-state index in [4.69, 9.17) is 0 Å². The minimum Gasteiger partial charge on any atom is -0.325 e. The van der Waals surface area contributed by atoms with Crippen LogP contribution < -0.4 is 10.2 Å². The second-order valence-corrected chi connectivity index (χ2v) is 7.84. The van der Waals surface area contributed by atoms with E-state index >= 15 is 0 Å². The lowest BCUT2D eigenvalue weighted by Crippen LogP contribution is -2.37. The number of fused-ring (bicyclic) bond motifs is 1. The zero-order valence-corrected chi connectivity index (χ0v) is 17.9. The van der Waals surface area contributed by atoms with Crippen molar-refractivity contribution in [1.29, 1.82) is 0 Å². The first-order chi connectivity index (χ1) is 16.1. The molecule has 1 aromatic heterocycles. The third-order valence-corrected chi connectivity index (χ3v) is 5.51. The number of carbonyl (C=O) groups excluding carboxylic acids is 1. The summed E-state index contributed by atoms with van der Waals surface area (Å²) in [4.78, 5) is 14.7. The number of allylic oxidation sites excluding steroid dienone is 1. The molecule has 0 saturated heterocycles. The van der Waals surface area contributed by atoms with Gasteiger partial charge in [-0.05, 0) is 58.8 Å². The average molecular weight is 440 g/mol. The van der Waals surface area contributed by atoms with E-state index in [9.17, 15) is 9.18 Å². The Morgan fingerprint density at radius 2 is 1.73 bits per heavy atom. The minimum absolute atomic E-state index is 0.0149. The van der Waals surface area contributed by atoms with Gasteiger partial charge in [0.2, 0.25) is 5.91 Å². The van der Waals surface area contributed by atoms with Crippen molar-refractivity contribution in [2.24, 2.45) is 0 Å². The van der Waals surface area contributed by atoms with E-state index in [2.05, 4.69) is 26.9 Å². The minimum atomic E-state index is -0.361. The van der Waals surface area contributed by atoms with Gasteiger partial charge in [0, 0.05) is 5.69 Å². The Bertz CT molecular complexity index is 1300. The molecule has 0 unspecified atom stereocenters. The molecule has 0 bridgehead atoms. The monoisotopic (exact) mass is 440 g/mol. The van der Waals surface area contributed by atoms with Crippen LogP contribution in [0.4, 0.5) is 16.0 Å². The van der Waals surface area contributed by atoms with Gasteiger partial charge in [-0.2, -0.15) is 4.68 Å². The van der Waals surface area contributed by atoms with Gasteiger partial charge in [0.15, 0.2) is 0 Å². The molecule has 4 aromatic rings. The van der Waals surface area contributed by atoms with Crippen LogP contribution in [0.25, 0.3) is 5.70 Å². The number of anilines is 2. The number of nitrogens with one attached hydrogen (secondary N) is 1. The van der Waals surface area contributed by atoms with Crippen LogP contribution in [0, 0.1) is 12.7 Å². The fraction of sp³-hybridized carbons (Fsp3) is 0.120. The summed E-state index contributed by atoms with van der Waals surface area (Å²) in [5.74, 6) is -0.164. The first kappa shape index (κ1) is 20.6. The zero-order chi connectivity index (χ0) is 22.8. The lowest BCUT2D eigenvalue weighted by molar-refractivity contribution is -0.114. The van der Waals surface area contributed by atoms with Crippen LogP contribution in [-0.2, 0) is 4.79 Å². The van der Waals surface area contributed by atoms with E-state index in [0.29, 0.717) is 11.6 Å². The fourth-order valence-electron chi connectivity index (χ4n) is 3.86. The molecule has 33 heavy (non-hydrogen) atoms. The lowest BCUT2D eigenvalue weighted by Gasteiger charge is -2.32. The number of amides is 1. The predicted molar refractivity (Wildman–Crippen MR) is 124 cm³/mol. The van der Waals surface area contributed by atoms with Crippen LogP contribution in [0.15, 0.2) is 84.9 Å². The predicted octanol–water partition coefficient (Wildman–Crippen LogP) is 4.21. The molecule has 2 heterocycles. The summed E-state index contributed by atoms with van der Waals surface area (Å²) < 4.78 is 14.9. The van der Waals surface area contributed by atoms with E-state index < -0.39 is 0 Å². The van der Waals surface area contributed by atoms with Crippen LogP contribution in [0.3, 0.4) is 0 Å². The van der Waals surface area contributed by atoms with Crippen molar-refractivity contribution >= 4 is 23.2 Å². The van der Waals surface area contributed by atoms with Gasteiger partial charge in [-0.1, -0.05) is 65.3 Å². The van der Waals surface area contributed by atoms with Crippen molar-refractivity contribution in [3.8, 4) is 0 Å². The molecule has 0 fully saturated rings. The Kier molecular flexibility index (Phi) is 5.40. The van der Waals surface area contributed by atoms with Crippen molar-refractivity contribution in [2.45, 2.75) is 13.0 Å². The maximum atomic E-state index is 13.2. The Balaban J connectivity index is 1.52. The number of hydrogen-bond donors (Lipinski definition) is 1. The molecule has 0 saturated carbocycles. The highest BCUT2D eigenvalue weighted by Crippen LogP contribution is 2.36. The van der Waals surface area contributed by atoms with Gasteiger partial charge in [-0.25, -0.2) is 4.39 Å². The van der Waals surface area contributed by atoms with Gasteiger partial charge >= 0.3 is 0 Å². The van der Waals surface area contributed by atoms with Crippen LogP contribution in [-0.4, -0.2) is 32.7 Å². The quantitative estimate of drug-likeness (QED) is 0.503. The number of halogens is 1. The normalized spacial score (nSPS) is 15.0. The molecule has 5 rings (SSSR count). The second kappa shape index (κ2) is 8.66. The van der Waals surface area contributed by atoms with Gasteiger partial charge in [0.05, 0.1) is 5.70 Å². The Hall–Kier alpha value is -4.33. The highest BCUT2D eigenvalue weighted by atomic mass is 19.1. The van der Waals surface area contributed by atoms with Gasteiger partial charge < -0.3 is 5.32 Å². The topological polar surface area (TPSA) is 75.9 Å². The van der Waals surface area contributed by atoms with Gasteiger partial charge in [0.25, 0.3) is 5.95 Å². The van der Waals surface area contributed by atoms with Gasteiger partial charge in [0.1, 0.15) is 18.4 Å². The number of hydrogen-bond acceptors (Lipinski definition) is 5. The van der Waals surface area contributed by atoms with Crippen LogP contribution >= 0.6 is 0 Å². The van der Waals surface area contributed by atoms with Crippen LogP contribution in [0.5, 0.6) is 0 Å². The molecule has 1 aliphatic heterocycles. The van der Waals surface area contributed by atoms with E-state index in [0.717, 1.165) is 22.4 Å². The first-order valence-electron chi connectivity index (χ1n) is 10.5. The lowest BCUT2D eigenvalue weighted by atomic mass is 10.00. The zero-order valence-electron chi connectivity index (χ0n) is 17.9. The maximum absolute atomic E-state index is 13.2. The molecule has 0 aliphatic carbocycles. The van der Waals surface area contributed by atoms with E-state index in [1.54, 1.807) is 9.58 Å². The van der Waals surface area contributed by atoms with Crippen molar-refractivity contribution in [2.75, 3.05) is 16.8 Å². The number of tetrazole rings is 1. The molecule has 7 nitrogen and oxygen atoms in total. The molecule has 1 aliphatic rings. The maximum Gasteiger partial charge on any atom is 0.251 e. The number of carbonyl (C=O) groups is 1. The van der Waals surface area contributed by atoms with Gasteiger partial charge in [-0.15, -0.1) is 0 Å². The summed E-state index contributed by atoms with van der Waals surface area (Å²) in [6, 6.07) is 23.5. The number of benzene rings is 3. The molecule has 8 heteroatoms. The highest BCUT2D eigenvalue weighted by Gasteiger charge is 2.31. The van der Waals surface area contributed by atoms with Crippen LogP contribution in [0.2, 0.25) is 0 Å². The Labute approximate surface area is 190 Å². The molecular formula is C25H21FN6O. The summed E-state index contributed by atoms with van der Waals surface area (Å²) >= 11 is 0. The summed E-state index contributed by atoms with van der Waals surface area (Å²) in [6.07, 6.45) is 2.06. The van der Waals surface area contributed by atoms with Gasteiger partial charge in [-0.3, -0.25) is 9.69 Å². The number of aromatic nitrogens is 4. The highest BCUT2D eigenvalue weighted by molar-refractivity contribution is 5.97. The van der Waals surface area contributed by atoms with E-state index in [-0.39, 0.29) is 24.3 Å². The average Bonchev–Trinajstić information content (AvgIpc) is 3.32. The molecule has 1 N–H and O–H groups in total. The molecule has 1 amide bonds. The summed E-state index contributed by atoms with van der Waals surface area (Å²) in [5, 5.41) is 15.1. The smallest absolute Gasteiger partial charge is 0.251 e. The standard InChI is InChI=1S/C25H21FN6O/c1-17-7-9-19(10-8-17)22-15-23(18-5-3-2-4-6-18)32-25(28-29-30-32)31(22)16-24(33)27-21-13-11-20(26)12-14-21/h2-15,23H,16H2,1H3,(H,27,33)/t23-/m1/s1. The number of aryl methyl sites for hydroxylation is 1. The summed E-state index contributed by atoms with van der Waals surface area (Å²) in [6.45, 7) is 2.01. The number of nitrogens with zero attached hydrogens (tertiary/aromatic N) is 5. The summed E-state index contributed by atoms with van der Waals surface area (Å²) in [7, 11) is 0. The Morgan fingerprint density at radius 3 is 2.45 bits per heavy atom. The molecule has 0 radical (unpaired) electrons. The van der Waals surface area contributed by atoms with Crippen molar-refractivity contribution in [1.82, 2.24) is 20.2 Å². The summed E-state index contributed by atoms with van der Waals surface area (Å²) in [5.41, 5.74) is 4.47. The van der Waals surface area contributed by atoms with E-state index in [1.165, 1.54) is 24.3 Å². The molecular weight excluding hydrogens is 419 g/mol. The largest absolute Gasteiger partial charge is 0.325 e. The second-order valence-electron chi connectivity index (χ2n) is 7.84. The number of rotatable bonds is 5. The van der Waals surface area contributed by atoms with Crippen LogP contribution in [0.1, 0.15) is 22.7 Å². The molecule has 0 spiro atoms. The van der Waals surface area contributed by atoms with Crippen molar-refractivity contribution in [3.63, 3.8) is 0 Å². The fourth-order valence-corrected chi connectivity index (χ4v) is 3.86. The molecule has 164 valence electrons. The first-order valence-corrected chi connectivity index (χ1v) is 10.5. The van der Waals surface area contributed by atoms with Crippen molar-refractivity contribution in [3.05, 3.63) is 107 Å². The van der Waals surface area contributed by atoms with Crippen molar-refractivity contribution < 1.29 is 9.18 Å². The molecule has 3 aromatic carbocycles. The SMILES string of the molecule is Cc1ccc(C2=C[C@H](c3ccccc3)n3nnnc3N2CC(=O)Nc2ccc(F)cc2)cc1. The van der Waals surface area contributed by atoms with E-state index in [1.807, 2.05) is 61.5 Å². The third kappa shape index (κ3) is 4.23.